The first-order chi connectivity index (χ1) is 11.9. The minimum Gasteiger partial charge on any atom is -0.375 e. The van der Waals surface area contributed by atoms with Gasteiger partial charge in [0.15, 0.2) is 0 Å². The summed E-state index contributed by atoms with van der Waals surface area (Å²) in [6.07, 6.45) is 7.05. The first kappa shape index (κ1) is 20.4. The number of benzene rings is 1. The van der Waals surface area contributed by atoms with Crippen molar-refractivity contribution in [3.63, 3.8) is 0 Å². The summed E-state index contributed by atoms with van der Waals surface area (Å²) in [7, 11) is 0. The molecule has 1 aliphatic rings. The maximum atomic E-state index is 13.7. The Labute approximate surface area is 153 Å². The fraction of sp³-hybridized carbons (Fsp3) is 0.727. The third kappa shape index (κ3) is 6.07. The van der Waals surface area contributed by atoms with Gasteiger partial charge in [0, 0.05) is 18.7 Å². The molecule has 2 nitrogen and oxygen atoms in total. The zero-order valence-corrected chi connectivity index (χ0v) is 16.5. The maximum absolute atomic E-state index is 13.7. The van der Waals surface area contributed by atoms with Crippen LogP contribution in [-0.2, 0) is 11.3 Å². The molecule has 0 aromatic heterocycles. The summed E-state index contributed by atoms with van der Waals surface area (Å²) in [5.74, 6) is 0.619. The minimum absolute atomic E-state index is 0.0147. The monoisotopic (exact) mass is 349 g/mol. The van der Waals surface area contributed by atoms with Gasteiger partial charge in [-0.3, -0.25) is 0 Å². The van der Waals surface area contributed by atoms with Crippen molar-refractivity contribution in [2.75, 3.05) is 13.2 Å². The number of ether oxygens (including phenoxy) is 1. The van der Waals surface area contributed by atoms with E-state index in [0.29, 0.717) is 12.0 Å². The van der Waals surface area contributed by atoms with E-state index in [1.807, 2.05) is 12.1 Å². The van der Waals surface area contributed by atoms with Gasteiger partial charge in [-0.2, -0.15) is 0 Å². The van der Waals surface area contributed by atoms with E-state index in [9.17, 15) is 4.39 Å². The lowest BCUT2D eigenvalue weighted by molar-refractivity contribution is -0.122. The Morgan fingerprint density at radius 3 is 2.68 bits per heavy atom. The van der Waals surface area contributed by atoms with Crippen molar-refractivity contribution in [2.45, 2.75) is 78.4 Å². The van der Waals surface area contributed by atoms with Crippen molar-refractivity contribution in [3.8, 4) is 0 Å². The average molecular weight is 350 g/mol. The van der Waals surface area contributed by atoms with Gasteiger partial charge in [0.1, 0.15) is 5.82 Å². The highest BCUT2D eigenvalue weighted by Crippen LogP contribution is 2.46. The predicted molar refractivity (Wildman–Crippen MR) is 103 cm³/mol. The molecule has 0 bridgehead atoms. The van der Waals surface area contributed by atoms with Gasteiger partial charge in [0.25, 0.3) is 0 Å². The zero-order valence-electron chi connectivity index (χ0n) is 16.5. The first-order valence-electron chi connectivity index (χ1n) is 9.96. The van der Waals surface area contributed by atoms with Gasteiger partial charge >= 0.3 is 0 Å². The normalized spacial score (nSPS) is 27.0. The quantitative estimate of drug-likeness (QED) is 0.577. The number of nitrogens with one attached hydrogen (secondary N) is 1. The van der Waals surface area contributed by atoms with E-state index in [1.54, 1.807) is 6.07 Å². The molecular weight excluding hydrogens is 313 g/mol. The van der Waals surface area contributed by atoms with E-state index < -0.39 is 0 Å². The third-order valence-electron chi connectivity index (χ3n) is 5.94. The van der Waals surface area contributed by atoms with E-state index in [-0.39, 0.29) is 11.4 Å². The van der Waals surface area contributed by atoms with Crippen molar-refractivity contribution in [2.24, 2.45) is 11.3 Å². The fourth-order valence-electron chi connectivity index (χ4n) is 4.04. The van der Waals surface area contributed by atoms with E-state index in [4.69, 9.17) is 4.74 Å². The van der Waals surface area contributed by atoms with Gasteiger partial charge in [-0.05, 0) is 63.0 Å². The topological polar surface area (TPSA) is 21.3 Å². The van der Waals surface area contributed by atoms with Crippen molar-refractivity contribution >= 4 is 0 Å². The van der Waals surface area contributed by atoms with Gasteiger partial charge in [0.05, 0.1) is 5.60 Å². The summed E-state index contributed by atoms with van der Waals surface area (Å²) in [6.45, 7) is 11.5. The highest BCUT2D eigenvalue weighted by molar-refractivity contribution is 5.16. The summed E-state index contributed by atoms with van der Waals surface area (Å²) < 4.78 is 19.8. The molecule has 0 unspecified atom stereocenters. The van der Waals surface area contributed by atoms with Gasteiger partial charge in [-0.25, -0.2) is 4.39 Å². The second kappa shape index (κ2) is 9.14. The molecule has 1 saturated heterocycles. The second-order valence-corrected chi connectivity index (χ2v) is 8.53. The SMILES string of the molecule is CC[C@]1(C)C[C@](CCNCc2ccccc2F)(CCC(C)C)CCO1. The Hall–Kier alpha value is -0.930. The molecule has 0 spiro atoms. The molecule has 2 rings (SSSR count). The van der Waals surface area contributed by atoms with E-state index in [2.05, 4.69) is 33.0 Å². The Bertz CT molecular complexity index is 533. The van der Waals surface area contributed by atoms with E-state index >= 15 is 0 Å². The van der Waals surface area contributed by atoms with Crippen LogP contribution in [0.25, 0.3) is 0 Å². The third-order valence-corrected chi connectivity index (χ3v) is 5.94. The number of halogens is 1. The minimum atomic E-state index is -0.117. The molecule has 0 aliphatic carbocycles. The molecule has 2 atom stereocenters. The first-order valence-corrected chi connectivity index (χ1v) is 9.96. The molecule has 1 heterocycles. The Morgan fingerprint density at radius 1 is 1.24 bits per heavy atom. The molecule has 3 heteroatoms. The van der Waals surface area contributed by atoms with Crippen molar-refractivity contribution < 1.29 is 9.13 Å². The van der Waals surface area contributed by atoms with Gasteiger partial charge < -0.3 is 10.1 Å². The van der Waals surface area contributed by atoms with Crippen LogP contribution in [-0.4, -0.2) is 18.8 Å². The Balaban J connectivity index is 1.93. The van der Waals surface area contributed by atoms with Crippen molar-refractivity contribution in [1.82, 2.24) is 5.32 Å². The van der Waals surface area contributed by atoms with Crippen LogP contribution in [0.5, 0.6) is 0 Å². The average Bonchev–Trinajstić information content (AvgIpc) is 2.59. The maximum Gasteiger partial charge on any atom is 0.127 e. The molecule has 0 radical (unpaired) electrons. The van der Waals surface area contributed by atoms with E-state index in [1.165, 1.54) is 18.9 Å². The second-order valence-electron chi connectivity index (χ2n) is 8.53. The van der Waals surface area contributed by atoms with Crippen LogP contribution in [0.1, 0.15) is 71.8 Å². The zero-order chi connectivity index (χ0) is 18.3. The van der Waals surface area contributed by atoms with E-state index in [0.717, 1.165) is 50.3 Å². The van der Waals surface area contributed by atoms with Gasteiger partial charge in [0.2, 0.25) is 0 Å². The van der Waals surface area contributed by atoms with Crippen LogP contribution in [0.15, 0.2) is 24.3 Å². The summed E-state index contributed by atoms with van der Waals surface area (Å²) in [4.78, 5) is 0. The molecule has 0 amide bonds. The lowest BCUT2D eigenvalue weighted by atomic mass is 9.67. The predicted octanol–water partition coefficient (Wildman–Crippen LogP) is 5.71. The van der Waals surface area contributed by atoms with Crippen molar-refractivity contribution in [3.05, 3.63) is 35.6 Å². The number of hydrogen-bond acceptors (Lipinski definition) is 2. The summed E-state index contributed by atoms with van der Waals surface area (Å²) in [5.41, 5.74) is 1.13. The largest absolute Gasteiger partial charge is 0.375 e. The molecule has 1 aromatic carbocycles. The molecule has 25 heavy (non-hydrogen) atoms. The van der Waals surface area contributed by atoms with Crippen LogP contribution >= 0.6 is 0 Å². The fourth-order valence-corrected chi connectivity index (χ4v) is 4.04. The van der Waals surface area contributed by atoms with Gasteiger partial charge in [-0.1, -0.05) is 45.4 Å². The Kier molecular flexibility index (Phi) is 7.45. The summed E-state index contributed by atoms with van der Waals surface area (Å²) in [6, 6.07) is 7.04. The summed E-state index contributed by atoms with van der Waals surface area (Å²) >= 11 is 0. The number of hydrogen-bond donors (Lipinski definition) is 1. The highest BCUT2D eigenvalue weighted by Gasteiger charge is 2.41. The molecule has 1 aliphatic heterocycles. The van der Waals surface area contributed by atoms with Crippen molar-refractivity contribution in [1.29, 1.82) is 0 Å². The molecule has 1 aromatic rings. The lowest BCUT2D eigenvalue weighted by Gasteiger charge is -2.47. The molecular formula is C22H36FNO. The van der Waals surface area contributed by atoms with Crippen LogP contribution < -0.4 is 5.32 Å². The summed E-state index contributed by atoms with van der Waals surface area (Å²) in [5, 5.41) is 3.47. The Morgan fingerprint density at radius 2 is 2.00 bits per heavy atom. The van der Waals surface area contributed by atoms with Gasteiger partial charge in [-0.15, -0.1) is 0 Å². The molecule has 1 fully saturated rings. The smallest absolute Gasteiger partial charge is 0.127 e. The molecule has 1 N–H and O–H groups in total. The van der Waals surface area contributed by atoms with Crippen LogP contribution in [0.2, 0.25) is 0 Å². The van der Waals surface area contributed by atoms with Crippen LogP contribution in [0.3, 0.4) is 0 Å². The number of rotatable bonds is 9. The molecule has 142 valence electrons. The van der Waals surface area contributed by atoms with Crippen LogP contribution in [0.4, 0.5) is 4.39 Å². The lowest BCUT2D eigenvalue weighted by Crippen LogP contribution is -2.44. The highest BCUT2D eigenvalue weighted by atomic mass is 19.1. The standard InChI is InChI=1S/C22H36FNO/c1-5-21(4)17-22(13-15-25-21,11-10-18(2)3)12-14-24-16-19-8-6-7-9-20(19)23/h6-9,18,24H,5,10-17H2,1-4H3/t21-,22+/m1/s1. The van der Waals surface area contributed by atoms with Crippen LogP contribution in [0, 0.1) is 17.2 Å². The molecule has 0 saturated carbocycles.